The van der Waals surface area contributed by atoms with Gasteiger partial charge >= 0.3 is 5.97 Å². The monoisotopic (exact) mass is 357 g/mol. The lowest BCUT2D eigenvalue weighted by atomic mass is 10.3. The zero-order chi connectivity index (χ0) is 15.4. The van der Waals surface area contributed by atoms with Gasteiger partial charge in [-0.05, 0) is 41.9 Å². The van der Waals surface area contributed by atoms with E-state index in [0.29, 0.717) is 35.3 Å². The van der Waals surface area contributed by atoms with Crippen molar-refractivity contribution in [2.24, 2.45) is 0 Å². The van der Waals surface area contributed by atoms with E-state index < -0.39 is 5.97 Å². The number of carbonyl (C=O) groups is 1. The molecule has 0 aliphatic rings. The van der Waals surface area contributed by atoms with Gasteiger partial charge in [-0.25, -0.2) is 0 Å². The van der Waals surface area contributed by atoms with E-state index in [9.17, 15) is 4.79 Å². The number of halogens is 1. The maximum Gasteiger partial charge on any atom is 0.304 e. The lowest BCUT2D eigenvalue weighted by Gasteiger charge is -2.23. The van der Waals surface area contributed by atoms with Gasteiger partial charge in [-0.15, -0.1) is 10.2 Å². The van der Waals surface area contributed by atoms with Gasteiger partial charge in [0, 0.05) is 12.6 Å². The molecular formula is C13H16BrN3O4. The summed E-state index contributed by atoms with van der Waals surface area (Å²) in [6.45, 7) is 4.81. The Bertz CT molecular complexity index is 608. The van der Waals surface area contributed by atoms with E-state index in [2.05, 4.69) is 26.1 Å². The van der Waals surface area contributed by atoms with Crippen LogP contribution in [-0.2, 0) is 11.3 Å². The Kier molecular flexibility index (Phi) is 5.13. The van der Waals surface area contributed by atoms with Crippen molar-refractivity contribution >= 4 is 21.9 Å². The lowest BCUT2D eigenvalue weighted by Crippen LogP contribution is -2.32. The van der Waals surface area contributed by atoms with Crippen LogP contribution in [0.2, 0.25) is 0 Å². The largest absolute Gasteiger partial charge is 0.481 e. The maximum atomic E-state index is 10.7. The van der Waals surface area contributed by atoms with E-state index in [1.54, 1.807) is 12.1 Å². The Balaban J connectivity index is 2.04. The van der Waals surface area contributed by atoms with Crippen molar-refractivity contribution in [3.63, 3.8) is 0 Å². The van der Waals surface area contributed by atoms with Gasteiger partial charge in [0.05, 0.1) is 13.0 Å². The van der Waals surface area contributed by atoms with E-state index in [4.69, 9.17) is 13.9 Å². The van der Waals surface area contributed by atoms with E-state index >= 15 is 0 Å². The second-order valence-corrected chi connectivity index (χ2v) is 5.59. The van der Waals surface area contributed by atoms with E-state index in [1.807, 2.05) is 18.7 Å². The average molecular weight is 358 g/mol. The summed E-state index contributed by atoms with van der Waals surface area (Å²) < 4.78 is 11.5. The number of carboxylic acid groups (broad SMARTS) is 1. The highest BCUT2D eigenvalue weighted by atomic mass is 79.9. The minimum atomic E-state index is -0.827. The number of aromatic nitrogens is 2. The summed E-state index contributed by atoms with van der Waals surface area (Å²) in [5, 5.41) is 16.7. The number of rotatable bonds is 7. The third kappa shape index (κ3) is 4.40. The molecule has 0 bridgehead atoms. The number of hydrogen-bond donors (Lipinski definition) is 1. The topological polar surface area (TPSA) is 92.6 Å². The summed E-state index contributed by atoms with van der Waals surface area (Å²) in [5.74, 6) is 0.392. The van der Waals surface area contributed by atoms with Crippen molar-refractivity contribution < 1.29 is 18.7 Å². The molecule has 8 heteroatoms. The fraction of sp³-hybridized carbons (Fsp3) is 0.462. The molecule has 0 amide bonds. The van der Waals surface area contributed by atoms with Crippen LogP contribution >= 0.6 is 15.9 Å². The predicted octanol–water partition coefficient (Wildman–Crippen LogP) is 2.78. The molecule has 2 heterocycles. The first-order chi connectivity index (χ1) is 9.95. The minimum Gasteiger partial charge on any atom is -0.481 e. The van der Waals surface area contributed by atoms with E-state index in [1.165, 1.54) is 0 Å². The second-order valence-electron chi connectivity index (χ2n) is 4.81. The molecule has 0 aliphatic carbocycles. The van der Waals surface area contributed by atoms with Gasteiger partial charge in [0.1, 0.15) is 0 Å². The molecule has 0 fully saturated rings. The molecule has 2 aromatic heterocycles. The normalized spacial score (nSPS) is 11.5. The van der Waals surface area contributed by atoms with Crippen LogP contribution in [0.25, 0.3) is 11.7 Å². The summed E-state index contributed by atoms with van der Waals surface area (Å²) in [6.07, 6.45) is 0.0737. The summed E-state index contributed by atoms with van der Waals surface area (Å²) in [6, 6.07) is 3.65. The fourth-order valence-corrected chi connectivity index (χ4v) is 2.09. The third-order valence-corrected chi connectivity index (χ3v) is 3.36. The van der Waals surface area contributed by atoms with E-state index in [0.717, 1.165) is 0 Å². The van der Waals surface area contributed by atoms with Crippen LogP contribution in [-0.4, -0.2) is 38.8 Å². The van der Waals surface area contributed by atoms with Gasteiger partial charge in [0.15, 0.2) is 10.4 Å². The summed E-state index contributed by atoms with van der Waals surface area (Å²) in [7, 11) is 0. The molecule has 21 heavy (non-hydrogen) atoms. The highest BCUT2D eigenvalue weighted by molar-refractivity contribution is 9.10. The van der Waals surface area contributed by atoms with E-state index in [-0.39, 0.29) is 12.5 Å². The van der Waals surface area contributed by atoms with Gasteiger partial charge < -0.3 is 13.9 Å². The molecule has 7 nitrogen and oxygen atoms in total. The Morgan fingerprint density at radius 3 is 2.71 bits per heavy atom. The van der Waals surface area contributed by atoms with Gasteiger partial charge in [0.25, 0.3) is 5.89 Å². The second kappa shape index (κ2) is 6.86. The lowest BCUT2D eigenvalue weighted by molar-refractivity contribution is -0.137. The SMILES string of the molecule is CC(C)N(CCC(=O)O)Cc1nnc(-c2ccc(Br)o2)o1. The van der Waals surface area contributed by atoms with Crippen LogP contribution in [0, 0.1) is 0 Å². The van der Waals surface area contributed by atoms with Crippen molar-refractivity contribution in [2.45, 2.75) is 32.9 Å². The van der Waals surface area contributed by atoms with Gasteiger partial charge in [-0.1, -0.05) is 0 Å². The fourth-order valence-electron chi connectivity index (χ4n) is 1.78. The number of furan rings is 1. The molecule has 0 saturated heterocycles. The molecule has 0 radical (unpaired) electrons. The highest BCUT2D eigenvalue weighted by Gasteiger charge is 2.17. The number of carboxylic acids is 1. The first-order valence-corrected chi connectivity index (χ1v) is 7.29. The molecule has 0 unspecified atom stereocenters. The molecule has 114 valence electrons. The first-order valence-electron chi connectivity index (χ1n) is 6.49. The number of nitrogens with zero attached hydrogens (tertiary/aromatic N) is 3. The molecule has 2 rings (SSSR count). The smallest absolute Gasteiger partial charge is 0.304 e. The molecule has 0 atom stereocenters. The summed E-state index contributed by atoms with van der Waals surface area (Å²) in [4.78, 5) is 12.6. The van der Waals surface area contributed by atoms with Crippen molar-refractivity contribution in [1.82, 2.24) is 15.1 Å². The molecule has 1 N–H and O–H groups in total. The zero-order valence-electron chi connectivity index (χ0n) is 11.7. The molecule has 0 aliphatic heterocycles. The maximum absolute atomic E-state index is 10.7. The predicted molar refractivity (Wildman–Crippen MR) is 77.5 cm³/mol. The van der Waals surface area contributed by atoms with Crippen LogP contribution in [0.1, 0.15) is 26.2 Å². The van der Waals surface area contributed by atoms with Crippen LogP contribution in [0.4, 0.5) is 0 Å². The highest BCUT2D eigenvalue weighted by Crippen LogP contribution is 2.24. The summed E-state index contributed by atoms with van der Waals surface area (Å²) >= 11 is 3.21. The first kappa shape index (κ1) is 15.7. The Labute approximate surface area is 130 Å². The summed E-state index contributed by atoms with van der Waals surface area (Å²) in [5.41, 5.74) is 0. The average Bonchev–Trinajstić information content (AvgIpc) is 3.02. The molecule has 0 aromatic carbocycles. The molecular weight excluding hydrogens is 342 g/mol. The van der Waals surface area contributed by atoms with Crippen LogP contribution in [0.5, 0.6) is 0 Å². The standard InChI is InChI=1S/C13H16BrN3O4/c1-8(2)17(6-5-12(18)19)7-11-15-16-13(21-11)9-3-4-10(14)20-9/h3-4,8H,5-7H2,1-2H3,(H,18,19). The van der Waals surface area contributed by atoms with Crippen LogP contribution < -0.4 is 0 Å². The minimum absolute atomic E-state index is 0.0737. The van der Waals surface area contributed by atoms with Crippen LogP contribution in [0.15, 0.2) is 25.6 Å². The molecule has 0 spiro atoms. The van der Waals surface area contributed by atoms with Crippen molar-refractivity contribution in [3.8, 4) is 11.7 Å². The molecule has 2 aromatic rings. The third-order valence-electron chi connectivity index (χ3n) is 2.93. The van der Waals surface area contributed by atoms with Crippen molar-refractivity contribution in [1.29, 1.82) is 0 Å². The Morgan fingerprint density at radius 2 is 2.14 bits per heavy atom. The van der Waals surface area contributed by atoms with Crippen molar-refractivity contribution in [3.05, 3.63) is 22.7 Å². The quantitative estimate of drug-likeness (QED) is 0.813. The van der Waals surface area contributed by atoms with Crippen molar-refractivity contribution in [2.75, 3.05) is 6.54 Å². The Morgan fingerprint density at radius 1 is 1.38 bits per heavy atom. The van der Waals surface area contributed by atoms with Gasteiger partial charge in [-0.3, -0.25) is 9.69 Å². The molecule has 0 saturated carbocycles. The van der Waals surface area contributed by atoms with Gasteiger partial charge in [0.2, 0.25) is 5.89 Å². The number of aliphatic carboxylic acids is 1. The Hall–Kier alpha value is -1.67. The zero-order valence-corrected chi connectivity index (χ0v) is 13.3. The van der Waals surface area contributed by atoms with Crippen LogP contribution in [0.3, 0.4) is 0 Å². The number of hydrogen-bond acceptors (Lipinski definition) is 6. The van der Waals surface area contributed by atoms with Gasteiger partial charge in [-0.2, -0.15) is 0 Å².